The Kier molecular flexibility index (Phi) is 5.03. The molecule has 0 saturated heterocycles. The van der Waals surface area contributed by atoms with Crippen molar-refractivity contribution in [1.29, 1.82) is 0 Å². The molecule has 5 nitrogen and oxygen atoms in total. The van der Waals surface area contributed by atoms with Crippen molar-refractivity contribution in [1.82, 2.24) is 5.01 Å². The molecule has 6 heteroatoms. The van der Waals surface area contributed by atoms with E-state index in [0.717, 1.165) is 23.1 Å². The van der Waals surface area contributed by atoms with Crippen LogP contribution in [0.2, 0.25) is 0 Å². The Balaban J connectivity index is 1.71. The van der Waals surface area contributed by atoms with Gasteiger partial charge in [0.2, 0.25) is 0 Å². The van der Waals surface area contributed by atoms with E-state index in [9.17, 15) is 13.2 Å². The minimum Gasteiger partial charge on any atom is -0.267 e. The number of benzene rings is 3. The fraction of sp³-hybridized carbons (Fsp3) is 0.130. The standard InChI is InChI=1S/C23H20N2O3S/c1-29(27,28)20-14-12-19(13-15-20)23(26)25-22(18-10-6-3-7-11-18)16-21(24-25)17-8-4-2-5-9-17/h2-15,22H,16H2,1H3. The van der Waals surface area contributed by atoms with E-state index in [-0.39, 0.29) is 16.8 Å². The zero-order chi connectivity index (χ0) is 20.4. The molecule has 0 fully saturated rings. The average Bonchev–Trinajstić information content (AvgIpc) is 3.19. The molecule has 3 aromatic carbocycles. The average molecular weight is 404 g/mol. The van der Waals surface area contributed by atoms with Gasteiger partial charge in [-0.05, 0) is 35.4 Å². The van der Waals surface area contributed by atoms with Gasteiger partial charge in [0, 0.05) is 18.2 Å². The maximum Gasteiger partial charge on any atom is 0.274 e. The molecule has 0 N–H and O–H groups in total. The van der Waals surface area contributed by atoms with Crippen molar-refractivity contribution >= 4 is 21.5 Å². The molecule has 1 aliphatic rings. The van der Waals surface area contributed by atoms with Crippen molar-refractivity contribution in [3.63, 3.8) is 0 Å². The fourth-order valence-corrected chi connectivity index (χ4v) is 4.04. The highest BCUT2D eigenvalue weighted by Crippen LogP contribution is 2.33. The number of carbonyl (C=O) groups is 1. The van der Waals surface area contributed by atoms with E-state index in [1.807, 2.05) is 60.7 Å². The summed E-state index contributed by atoms with van der Waals surface area (Å²) in [7, 11) is -3.32. The molecule has 0 radical (unpaired) electrons. The van der Waals surface area contributed by atoms with Crippen LogP contribution in [0, 0.1) is 0 Å². The second kappa shape index (κ2) is 7.64. The third-order valence-electron chi connectivity index (χ3n) is 4.94. The quantitative estimate of drug-likeness (QED) is 0.658. The van der Waals surface area contributed by atoms with Gasteiger partial charge >= 0.3 is 0 Å². The molecule has 1 aliphatic heterocycles. The van der Waals surface area contributed by atoms with Crippen LogP contribution in [0.15, 0.2) is 94.9 Å². The predicted octanol–water partition coefficient (Wildman–Crippen LogP) is 4.08. The minimum atomic E-state index is -3.32. The van der Waals surface area contributed by atoms with Crippen molar-refractivity contribution < 1.29 is 13.2 Å². The number of rotatable bonds is 4. The molecule has 29 heavy (non-hydrogen) atoms. The lowest BCUT2D eigenvalue weighted by Crippen LogP contribution is -2.27. The molecule has 0 spiro atoms. The van der Waals surface area contributed by atoms with E-state index in [1.54, 1.807) is 0 Å². The van der Waals surface area contributed by atoms with Crippen LogP contribution in [0.1, 0.15) is 33.9 Å². The number of carbonyl (C=O) groups excluding carboxylic acids is 1. The van der Waals surface area contributed by atoms with Gasteiger partial charge in [0.15, 0.2) is 9.84 Å². The number of nitrogens with zero attached hydrogens (tertiary/aromatic N) is 2. The molecular formula is C23H20N2O3S. The largest absolute Gasteiger partial charge is 0.274 e. The number of sulfone groups is 1. The van der Waals surface area contributed by atoms with Crippen LogP contribution in [0.4, 0.5) is 0 Å². The summed E-state index contributed by atoms with van der Waals surface area (Å²) in [6.45, 7) is 0. The van der Waals surface area contributed by atoms with E-state index in [0.29, 0.717) is 12.0 Å². The van der Waals surface area contributed by atoms with Crippen molar-refractivity contribution in [2.45, 2.75) is 17.4 Å². The van der Waals surface area contributed by atoms with Gasteiger partial charge in [-0.3, -0.25) is 4.79 Å². The topological polar surface area (TPSA) is 66.8 Å². The molecule has 3 aromatic rings. The first-order valence-corrected chi connectivity index (χ1v) is 11.1. The lowest BCUT2D eigenvalue weighted by molar-refractivity contribution is 0.0711. The number of hydrogen-bond donors (Lipinski definition) is 0. The SMILES string of the molecule is CS(=O)(=O)c1ccc(C(=O)N2N=C(c3ccccc3)CC2c2ccccc2)cc1. The summed E-state index contributed by atoms with van der Waals surface area (Å²) in [5.41, 5.74) is 3.23. The highest BCUT2D eigenvalue weighted by Gasteiger charge is 2.33. The maximum atomic E-state index is 13.2. The molecule has 146 valence electrons. The first kappa shape index (κ1) is 19.1. The second-order valence-corrected chi connectivity index (χ2v) is 9.01. The van der Waals surface area contributed by atoms with Crippen molar-refractivity contribution in [3.8, 4) is 0 Å². The summed E-state index contributed by atoms with van der Waals surface area (Å²) in [6.07, 6.45) is 1.76. The number of amides is 1. The Morgan fingerprint density at radius 1 is 0.897 bits per heavy atom. The summed E-state index contributed by atoms with van der Waals surface area (Å²) in [4.78, 5) is 13.4. The van der Waals surface area contributed by atoms with E-state index in [2.05, 4.69) is 5.10 Å². The predicted molar refractivity (Wildman–Crippen MR) is 113 cm³/mol. The lowest BCUT2D eigenvalue weighted by Gasteiger charge is -2.22. The number of hydrazone groups is 1. The molecule has 4 rings (SSSR count). The highest BCUT2D eigenvalue weighted by molar-refractivity contribution is 7.90. The van der Waals surface area contributed by atoms with Gasteiger partial charge in [0.25, 0.3) is 5.91 Å². The summed E-state index contributed by atoms with van der Waals surface area (Å²) in [5, 5.41) is 6.15. The van der Waals surface area contributed by atoms with Crippen LogP contribution in [0.5, 0.6) is 0 Å². The van der Waals surface area contributed by atoms with E-state index < -0.39 is 9.84 Å². The van der Waals surface area contributed by atoms with Crippen molar-refractivity contribution in [2.24, 2.45) is 5.10 Å². The Bertz CT molecular complexity index is 1160. The first-order valence-electron chi connectivity index (χ1n) is 9.25. The van der Waals surface area contributed by atoms with Crippen LogP contribution in [0.3, 0.4) is 0 Å². The van der Waals surface area contributed by atoms with Crippen LogP contribution in [-0.4, -0.2) is 31.3 Å². The lowest BCUT2D eigenvalue weighted by atomic mass is 9.98. The van der Waals surface area contributed by atoms with Crippen molar-refractivity contribution in [2.75, 3.05) is 6.26 Å². The van der Waals surface area contributed by atoms with E-state index in [1.165, 1.54) is 29.3 Å². The van der Waals surface area contributed by atoms with E-state index in [4.69, 9.17) is 0 Å². The van der Waals surface area contributed by atoms with E-state index >= 15 is 0 Å². The molecule has 0 saturated carbocycles. The zero-order valence-electron chi connectivity index (χ0n) is 15.9. The minimum absolute atomic E-state index is 0.184. The van der Waals surface area contributed by atoms with Gasteiger partial charge in [-0.15, -0.1) is 0 Å². The van der Waals surface area contributed by atoms with Gasteiger partial charge in [-0.1, -0.05) is 60.7 Å². The third kappa shape index (κ3) is 3.98. The Labute approximate surface area is 170 Å². The van der Waals surface area contributed by atoms with Gasteiger partial charge in [0.05, 0.1) is 16.6 Å². The Morgan fingerprint density at radius 3 is 2.07 bits per heavy atom. The zero-order valence-corrected chi connectivity index (χ0v) is 16.7. The van der Waals surface area contributed by atoms with Gasteiger partial charge in [-0.25, -0.2) is 13.4 Å². The molecular weight excluding hydrogens is 384 g/mol. The van der Waals surface area contributed by atoms with Crippen LogP contribution in [0.25, 0.3) is 0 Å². The molecule has 1 unspecified atom stereocenters. The molecule has 0 aliphatic carbocycles. The molecule has 1 atom stereocenters. The first-order chi connectivity index (χ1) is 13.9. The number of hydrogen-bond acceptors (Lipinski definition) is 4. The fourth-order valence-electron chi connectivity index (χ4n) is 3.41. The summed E-state index contributed by atoms with van der Waals surface area (Å²) in [5.74, 6) is -0.259. The third-order valence-corrected chi connectivity index (χ3v) is 6.07. The Hall–Kier alpha value is -3.25. The smallest absolute Gasteiger partial charge is 0.267 e. The summed E-state index contributed by atoms with van der Waals surface area (Å²) >= 11 is 0. The van der Waals surface area contributed by atoms with Crippen molar-refractivity contribution in [3.05, 3.63) is 102 Å². The molecule has 0 bridgehead atoms. The highest BCUT2D eigenvalue weighted by atomic mass is 32.2. The van der Waals surface area contributed by atoms with Gasteiger partial charge < -0.3 is 0 Å². The monoisotopic (exact) mass is 404 g/mol. The molecule has 1 heterocycles. The maximum absolute atomic E-state index is 13.2. The summed E-state index contributed by atoms with van der Waals surface area (Å²) < 4.78 is 23.4. The van der Waals surface area contributed by atoms with Crippen LogP contribution in [-0.2, 0) is 9.84 Å². The Morgan fingerprint density at radius 2 is 1.48 bits per heavy atom. The van der Waals surface area contributed by atoms with Gasteiger partial charge in [0.1, 0.15) is 0 Å². The summed E-state index contributed by atoms with van der Waals surface area (Å²) in [6, 6.07) is 25.4. The van der Waals surface area contributed by atoms with Crippen LogP contribution < -0.4 is 0 Å². The van der Waals surface area contributed by atoms with Gasteiger partial charge in [-0.2, -0.15) is 5.10 Å². The molecule has 1 amide bonds. The molecule has 0 aromatic heterocycles. The normalized spacial score (nSPS) is 16.5. The van der Waals surface area contributed by atoms with Crippen LogP contribution >= 0.6 is 0 Å². The second-order valence-electron chi connectivity index (χ2n) is 6.99.